The lowest BCUT2D eigenvalue weighted by Crippen LogP contribution is -2.07. The second-order valence-corrected chi connectivity index (χ2v) is 5.46. The van der Waals surface area contributed by atoms with Crippen LogP contribution in [0.15, 0.2) is 18.2 Å². The fourth-order valence-electron chi connectivity index (χ4n) is 2.61. The number of fused-ring (bicyclic) bond motifs is 1. The van der Waals surface area contributed by atoms with Gasteiger partial charge < -0.3 is 14.8 Å². The molecule has 3 rings (SSSR count). The molecule has 1 heterocycles. The monoisotopic (exact) mass is 291 g/mol. The summed E-state index contributed by atoms with van der Waals surface area (Å²) in [5, 5.41) is 4.31. The molecule has 0 saturated heterocycles. The number of rotatable bonds is 5. The first kappa shape index (κ1) is 13.3. The van der Waals surface area contributed by atoms with Gasteiger partial charge in [0.1, 0.15) is 12.4 Å². The average Bonchev–Trinajstić information content (AvgIpc) is 3.07. The van der Waals surface area contributed by atoms with E-state index in [1.807, 2.05) is 12.1 Å². The maximum absolute atomic E-state index is 5.42. The molecule has 0 bridgehead atoms. The molecule has 1 aromatic carbocycles. The van der Waals surface area contributed by atoms with E-state index in [4.69, 9.17) is 9.47 Å². The van der Waals surface area contributed by atoms with Gasteiger partial charge in [0, 0.05) is 18.6 Å². The van der Waals surface area contributed by atoms with Crippen LogP contribution in [0.2, 0.25) is 0 Å². The molecule has 6 heteroatoms. The smallest absolute Gasteiger partial charge is 0.203 e. The Morgan fingerprint density at radius 3 is 3.10 bits per heavy atom. The fourth-order valence-corrected chi connectivity index (χ4v) is 3.24. The Morgan fingerprint density at radius 2 is 2.30 bits per heavy atom. The van der Waals surface area contributed by atoms with Crippen LogP contribution in [-0.2, 0) is 17.8 Å². The van der Waals surface area contributed by atoms with Gasteiger partial charge in [0.15, 0.2) is 5.82 Å². The molecular formula is C14H17N3O2S. The zero-order valence-corrected chi connectivity index (χ0v) is 12.4. The molecule has 0 radical (unpaired) electrons. The third-order valence-electron chi connectivity index (χ3n) is 3.49. The van der Waals surface area contributed by atoms with Crippen molar-refractivity contribution in [1.29, 1.82) is 0 Å². The fraction of sp³-hybridized carbons (Fsp3) is 0.429. The number of hydrogen-bond acceptors (Lipinski definition) is 6. The molecule has 20 heavy (non-hydrogen) atoms. The molecule has 2 aromatic rings. The Kier molecular flexibility index (Phi) is 3.84. The van der Waals surface area contributed by atoms with Crippen molar-refractivity contribution in [3.05, 3.63) is 35.2 Å². The highest BCUT2D eigenvalue weighted by molar-refractivity contribution is 7.09. The van der Waals surface area contributed by atoms with Crippen LogP contribution in [0, 0.1) is 0 Å². The minimum absolute atomic E-state index is 0.281. The van der Waals surface area contributed by atoms with E-state index >= 15 is 0 Å². The molecule has 1 aliphatic rings. The van der Waals surface area contributed by atoms with Gasteiger partial charge in [0.25, 0.3) is 0 Å². The van der Waals surface area contributed by atoms with Crippen LogP contribution in [0.25, 0.3) is 0 Å². The normalized spacial score (nSPS) is 17.0. The molecule has 0 fully saturated rings. The van der Waals surface area contributed by atoms with Crippen LogP contribution in [-0.4, -0.2) is 23.6 Å². The number of nitrogens with zero attached hydrogens (tertiary/aromatic N) is 2. The lowest BCUT2D eigenvalue weighted by molar-refractivity contribution is 0.179. The molecular weight excluding hydrogens is 274 g/mol. The van der Waals surface area contributed by atoms with E-state index in [1.54, 1.807) is 14.2 Å². The summed E-state index contributed by atoms with van der Waals surface area (Å²) >= 11 is 1.38. The number of methoxy groups -OCH3 is 2. The van der Waals surface area contributed by atoms with Crippen molar-refractivity contribution in [2.75, 3.05) is 19.5 Å². The van der Waals surface area contributed by atoms with Crippen LogP contribution < -0.4 is 10.1 Å². The average molecular weight is 291 g/mol. The minimum atomic E-state index is 0.281. The first-order chi connectivity index (χ1) is 9.81. The largest absolute Gasteiger partial charge is 0.496 e. The van der Waals surface area contributed by atoms with E-state index in [9.17, 15) is 0 Å². The molecule has 0 spiro atoms. The predicted octanol–water partition coefficient (Wildman–Crippen LogP) is 2.79. The van der Waals surface area contributed by atoms with Crippen LogP contribution in [0.5, 0.6) is 5.75 Å². The SMILES string of the molecule is COCc1nsc(NC2CCc3c(OC)cccc32)n1. The van der Waals surface area contributed by atoms with Crippen LogP contribution in [0.4, 0.5) is 5.13 Å². The Morgan fingerprint density at radius 1 is 1.40 bits per heavy atom. The van der Waals surface area contributed by atoms with E-state index in [1.165, 1.54) is 22.7 Å². The second-order valence-electron chi connectivity index (χ2n) is 4.71. The van der Waals surface area contributed by atoms with Crippen LogP contribution >= 0.6 is 11.5 Å². The molecule has 1 atom stereocenters. The first-order valence-electron chi connectivity index (χ1n) is 6.55. The maximum Gasteiger partial charge on any atom is 0.203 e. The maximum atomic E-state index is 5.42. The van der Waals surface area contributed by atoms with E-state index < -0.39 is 0 Å². The molecule has 0 amide bonds. The van der Waals surface area contributed by atoms with Crippen LogP contribution in [0.3, 0.4) is 0 Å². The third-order valence-corrected chi connectivity index (χ3v) is 4.17. The Bertz CT molecular complexity index is 600. The molecule has 1 aliphatic carbocycles. The van der Waals surface area contributed by atoms with Crippen molar-refractivity contribution in [2.24, 2.45) is 0 Å². The highest BCUT2D eigenvalue weighted by atomic mass is 32.1. The summed E-state index contributed by atoms with van der Waals surface area (Å²) in [6.07, 6.45) is 2.08. The number of benzene rings is 1. The lowest BCUT2D eigenvalue weighted by atomic mass is 10.1. The summed E-state index contributed by atoms with van der Waals surface area (Å²) < 4.78 is 14.7. The van der Waals surface area contributed by atoms with Gasteiger partial charge in [0.05, 0.1) is 13.2 Å². The number of aromatic nitrogens is 2. The predicted molar refractivity (Wildman–Crippen MR) is 78.3 cm³/mol. The van der Waals surface area contributed by atoms with E-state index in [2.05, 4.69) is 20.7 Å². The molecule has 1 N–H and O–H groups in total. The third kappa shape index (κ3) is 2.48. The summed E-state index contributed by atoms with van der Waals surface area (Å²) in [5.74, 6) is 1.70. The summed E-state index contributed by atoms with van der Waals surface area (Å²) in [6.45, 7) is 0.452. The summed E-state index contributed by atoms with van der Waals surface area (Å²) in [6, 6.07) is 6.49. The van der Waals surface area contributed by atoms with Crippen molar-refractivity contribution in [3.8, 4) is 5.75 Å². The second kappa shape index (κ2) is 5.76. The van der Waals surface area contributed by atoms with Gasteiger partial charge in [-0.15, -0.1) is 0 Å². The van der Waals surface area contributed by atoms with E-state index in [0.29, 0.717) is 6.61 Å². The number of hydrogen-bond donors (Lipinski definition) is 1. The highest BCUT2D eigenvalue weighted by Gasteiger charge is 2.25. The number of ether oxygens (including phenoxy) is 2. The highest BCUT2D eigenvalue weighted by Crippen LogP contribution is 2.38. The Balaban J connectivity index is 1.77. The zero-order chi connectivity index (χ0) is 13.9. The number of nitrogens with one attached hydrogen (secondary N) is 1. The van der Waals surface area contributed by atoms with Crippen molar-refractivity contribution < 1.29 is 9.47 Å². The minimum Gasteiger partial charge on any atom is -0.496 e. The zero-order valence-electron chi connectivity index (χ0n) is 11.5. The van der Waals surface area contributed by atoms with Gasteiger partial charge >= 0.3 is 0 Å². The van der Waals surface area contributed by atoms with Gasteiger partial charge in [-0.3, -0.25) is 0 Å². The van der Waals surface area contributed by atoms with Crippen molar-refractivity contribution in [3.63, 3.8) is 0 Å². The van der Waals surface area contributed by atoms with Gasteiger partial charge in [-0.1, -0.05) is 12.1 Å². The van der Waals surface area contributed by atoms with Crippen molar-refractivity contribution in [2.45, 2.75) is 25.5 Å². The number of anilines is 1. The van der Waals surface area contributed by atoms with Gasteiger partial charge in [-0.25, -0.2) is 4.98 Å². The van der Waals surface area contributed by atoms with Crippen molar-refractivity contribution >= 4 is 16.7 Å². The van der Waals surface area contributed by atoms with E-state index in [-0.39, 0.29) is 6.04 Å². The summed E-state index contributed by atoms with van der Waals surface area (Å²) in [5.41, 5.74) is 2.60. The summed E-state index contributed by atoms with van der Waals surface area (Å²) in [4.78, 5) is 4.42. The Hall–Kier alpha value is -1.66. The molecule has 0 saturated carbocycles. The van der Waals surface area contributed by atoms with Crippen molar-refractivity contribution in [1.82, 2.24) is 9.36 Å². The van der Waals surface area contributed by atoms with E-state index in [0.717, 1.165) is 29.5 Å². The summed E-state index contributed by atoms with van der Waals surface area (Å²) in [7, 11) is 3.37. The topological polar surface area (TPSA) is 56.3 Å². The first-order valence-corrected chi connectivity index (χ1v) is 7.33. The lowest BCUT2D eigenvalue weighted by Gasteiger charge is -2.13. The molecule has 1 aromatic heterocycles. The van der Waals surface area contributed by atoms with Crippen LogP contribution in [0.1, 0.15) is 29.4 Å². The Labute approximate surface area is 122 Å². The molecule has 5 nitrogen and oxygen atoms in total. The molecule has 1 unspecified atom stereocenters. The van der Waals surface area contributed by atoms with Gasteiger partial charge in [-0.05, 0) is 30.0 Å². The standard InChI is InChI=1S/C14H17N3O2S/c1-18-8-13-16-14(20-17-13)15-11-7-6-10-9(11)4-3-5-12(10)19-2/h3-5,11H,6-8H2,1-2H3,(H,15,16,17). The molecule has 106 valence electrons. The van der Waals surface area contributed by atoms with Gasteiger partial charge in [-0.2, -0.15) is 4.37 Å². The molecule has 0 aliphatic heterocycles. The van der Waals surface area contributed by atoms with Gasteiger partial charge in [0.2, 0.25) is 5.13 Å². The quantitative estimate of drug-likeness (QED) is 0.918.